The molecule has 1 rings (SSSR count). The molecule has 90 valence electrons. The molecule has 16 heavy (non-hydrogen) atoms. The van der Waals surface area contributed by atoms with Gasteiger partial charge in [0, 0.05) is 5.69 Å². The third kappa shape index (κ3) is 4.21. The fourth-order valence-electron chi connectivity index (χ4n) is 1.38. The Morgan fingerprint density at radius 3 is 2.62 bits per heavy atom. The Morgan fingerprint density at radius 2 is 2.06 bits per heavy atom. The molecular formula is C12H19ClN2O. The van der Waals surface area contributed by atoms with Crippen molar-refractivity contribution in [3.8, 4) is 0 Å². The number of carbonyl (C=O) groups excluding carboxylic acids is 1. The highest BCUT2D eigenvalue weighted by atomic mass is 35.5. The molecule has 0 bridgehead atoms. The average Bonchev–Trinajstić information content (AvgIpc) is 2.21. The number of hydrogen-bond donors (Lipinski definition) is 2. The number of anilines is 1. The molecule has 0 saturated heterocycles. The molecule has 0 aliphatic carbocycles. The molecule has 0 spiro atoms. The number of para-hydroxylation sites is 1. The van der Waals surface area contributed by atoms with Crippen LogP contribution in [0.5, 0.6) is 0 Å². The first-order valence-corrected chi connectivity index (χ1v) is 5.27. The van der Waals surface area contributed by atoms with Gasteiger partial charge in [-0.15, -0.1) is 12.4 Å². The van der Waals surface area contributed by atoms with Crippen LogP contribution in [0.3, 0.4) is 0 Å². The van der Waals surface area contributed by atoms with Gasteiger partial charge >= 0.3 is 0 Å². The molecule has 3 N–H and O–H groups in total. The first-order chi connectivity index (χ1) is 7.15. The van der Waals surface area contributed by atoms with E-state index in [2.05, 4.69) is 5.32 Å². The van der Waals surface area contributed by atoms with Crippen LogP contribution in [0, 0.1) is 6.92 Å². The maximum absolute atomic E-state index is 11.6. The smallest absolute Gasteiger partial charge is 0.241 e. The third-order valence-corrected chi connectivity index (χ3v) is 2.34. The van der Waals surface area contributed by atoms with Crippen molar-refractivity contribution >= 4 is 24.0 Å². The molecule has 1 aromatic carbocycles. The number of rotatable bonds is 4. The van der Waals surface area contributed by atoms with E-state index in [1.54, 1.807) is 0 Å². The fourth-order valence-corrected chi connectivity index (χ4v) is 1.38. The molecule has 0 heterocycles. The largest absolute Gasteiger partial charge is 0.324 e. The number of halogens is 1. The normalized spacial score (nSPS) is 11.4. The summed E-state index contributed by atoms with van der Waals surface area (Å²) in [5.41, 5.74) is 7.61. The second-order valence-electron chi connectivity index (χ2n) is 3.70. The molecule has 1 unspecified atom stereocenters. The minimum atomic E-state index is -0.408. The van der Waals surface area contributed by atoms with Gasteiger partial charge in [0.05, 0.1) is 6.04 Å². The Bertz CT molecular complexity index is 342. The molecule has 0 fully saturated rings. The minimum Gasteiger partial charge on any atom is -0.324 e. The van der Waals surface area contributed by atoms with Gasteiger partial charge in [0.25, 0.3) is 0 Å². The SMILES string of the molecule is CCCC(N)C(=O)Nc1ccccc1C.Cl. The summed E-state index contributed by atoms with van der Waals surface area (Å²) in [6.07, 6.45) is 1.64. The van der Waals surface area contributed by atoms with Gasteiger partial charge in [-0.3, -0.25) is 4.79 Å². The van der Waals surface area contributed by atoms with E-state index in [-0.39, 0.29) is 18.3 Å². The van der Waals surface area contributed by atoms with Gasteiger partial charge in [0.1, 0.15) is 0 Å². The summed E-state index contributed by atoms with van der Waals surface area (Å²) in [5, 5.41) is 2.83. The zero-order chi connectivity index (χ0) is 11.3. The second-order valence-corrected chi connectivity index (χ2v) is 3.70. The lowest BCUT2D eigenvalue weighted by Gasteiger charge is -2.12. The van der Waals surface area contributed by atoms with Gasteiger partial charge < -0.3 is 11.1 Å². The van der Waals surface area contributed by atoms with Gasteiger partial charge in [-0.1, -0.05) is 31.5 Å². The number of hydrogen-bond acceptors (Lipinski definition) is 2. The number of aryl methyl sites for hydroxylation is 1. The third-order valence-electron chi connectivity index (χ3n) is 2.34. The molecule has 4 heteroatoms. The van der Waals surface area contributed by atoms with Crippen LogP contribution in [0.25, 0.3) is 0 Å². The first-order valence-electron chi connectivity index (χ1n) is 5.27. The van der Waals surface area contributed by atoms with E-state index in [9.17, 15) is 4.79 Å². The van der Waals surface area contributed by atoms with E-state index in [0.29, 0.717) is 0 Å². The summed E-state index contributed by atoms with van der Waals surface area (Å²) in [7, 11) is 0. The van der Waals surface area contributed by atoms with Crippen molar-refractivity contribution in [2.24, 2.45) is 5.73 Å². The lowest BCUT2D eigenvalue weighted by atomic mass is 10.1. The number of amides is 1. The number of carbonyl (C=O) groups is 1. The molecule has 0 aliphatic heterocycles. The van der Waals surface area contributed by atoms with Crippen LogP contribution >= 0.6 is 12.4 Å². The zero-order valence-electron chi connectivity index (χ0n) is 9.69. The molecular weight excluding hydrogens is 224 g/mol. The summed E-state index contributed by atoms with van der Waals surface area (Å²) in [4.78, 5) is 11.6. The molecule has 0 aromatic heterocycles. The summed E-state index contributed by atoms with van der Waals surface area (Å²) in [5.74, 6) is -0.105. The Morgan fingerprint density at radius 1 is 1.44 bits per heavy atom. The average molecular weight is 243 g/mol. The van der Waals surface area contributed by atoms with Crippen molar-refractivity contribution < 1.29 is 4.79 Å². The van der Waals surface area contributed by atoms with Crippen molar-refractivity contribution in [2.75, 3.05) is 5.32 Å². The van der Waals surface area contributed by atoms with Crippen LogP contribution in [0.2, 0.25) is 0 Å². The Balaban J connectivity index is 0.00000225. The first kappa shape index (κ1) is 14.9. The molecule has 3 nitrogen and oxygen atoms in total. The lowest BCUT2D eigenvalue weighted by Crippen LogP contribution is -2.35. The van der Waals surface area contributed by atoms with Gasteiger partial charge in [-0.05, 0) is 25.0 Å². The van der Waals surface area contributed by atoms with E-state index in [4.69, 9.17) is 5.73 Å². The monoisotopic (exact) mass is 242 g/mol. The van der Waals surface area contributed by atoms with E-state index in [0.717, 1.165) is 24.1 Å². The van der Waals surface area contributed by atoms with Crippen LogP contribution in [0.4, 0.5) is 5.69 Å². The van der Waals surface area contributed by atoms with Crippen LogP contribution in [0.1, 0.15) is 25.3 Å². The molecule has 0 radical (unpaired) electrons. The number of nitrogens with two attached hydrogens (primary N) is 1. The second kappa shape index (κ2) is 7.25. The van der Waals surface area contributed by atoms with Crippen molar-refractivity contribution in [3.63, 3.8) is 0 Å². The van der Waals surface area contributed by atoms with Crippen LogP contribution in [0.15, 0.2) is 24.3 Å². The van der Waals surface area contributed by atoms with Gasteiger partial charge in [0.2, 0.25) is 5.91 Å². The summed E-state index contributed by atoms with van der Waals surface area (Å²) >= 11 is 0. The topological polar surface area (TPSA) is 55.1 Å². The summed E-state index contributed by atoms with van der Waals surface area (Å²) in [6.45, 7) is 3.97. The Kier molecular flexibility index (Phi) is 6.77. The highest BCUT2D eigenvalue weighted by Crippen LogP contribution is 2.13. The molecule has 1 amide bonds. The van der Waals surface area contributed by atoms with E-state index in [1.165, 1.54) is 0 Å². The molecule has 1 aromatic rings. The van der Waals surface area contributed by atoms with E-state index >= 15 is 0 Å². The number of benzene rings is 1. The van der Waals surface area contributed by atoms with E-state index < -0.39 is 6.04 Å². The Labute approximate surface area is 103 Å². The van der Waals surface area contributed by atoms with Crippen LogP contribution < -0.4 is 11.1 Å². The fraction of sp³-hybridized carbons (Fsp3) is 0.417. The highest BCUT2D eigenvalue weighted by Gasteiger charge is 2.12. The standard InChI is InChI=1S/C12H18N2O.ClH/c1-3-6-10(13)12(15)14-11-8-5-4-7-9(11)2;/h4-5,7-8,10H,3,6,13H2,1-2H3,(H,14,15);1H. The predicted octanol–water partition coefficient (Wildman–Crippen LogP) is 2.48. The summed E-state index contributed by atoms with van der Waals surface area (Å²) < 4.78 is 0. The van der Waals surface area contributed by atoms with Gasteiger partial charge in [-0.25, -0.2) is 0 Å². The van der Waals surface area contributed by atoms with E-state index in [1.807, 2.05) is 38.1 Å². The maximum Gasteiger partial charge on any atom is 0.241 e. The van der Waals surface area contributed by atoms with Crippen molar-refractivity contribution in [1.82, 2.24) is 0 Å². The highest BCUT2D eigenvalue weighted by molar-refractivity contribution is 5.95. The quantitative estimate of drug-likeness (QED) is 0.852. The zero-order valence-corrected chi connectivity index (χ0v) is 10.5. The predicted molar refractivity (Wildman–Crippen MR) is 69.9 cm³/mol. The Hall–Kier alpha value is -1.06. The van der Waals surface area contributed by atoms with Crippen molar-refractivity contribution in [1.29, 1.82) is 0 Å². The van der Waals surface area contributed by atoms with Crippen LogP contribution in [-0.2, 0) is 4.79 Å². The van der Waals surface area contributed by atoms with Crippen molar-refractivity contribution in [2.45, 2.75) is 32.7 Å². The molecule has 0 saturated carbocycles. The summed E-state index contributed by atoms with van der Waals surface area (Å²) in [6, 6.07) is 7.27. The molecule has 1 atom stereocenters. The van der Waals surface area contributed by atoms with Gasteiger partial charge in [-0.2, -0.15) is 0 Å². The maximum atomic E-state index is 11.6. The lowest BCUT2D eigenvalue weighted by molar-refractivity contribution is -0.117. The molecule has 0 aliphatic rings. The van der Waals surface area contributed by atoms with Crippen LogP contribution in [-0.4, -0.2) is 11.9 Å². The van der Waals surface area contributed by atoms with Gasteiger partial charge in [0.15, 0.2) is 0 Å². The minimum absolute atomic E-state index is 0. The number of nitrogens with one attached hydrogen (secondary N) is 1. The van der Waals surface area contributed by atoms with Crippen molar-refractivity contribution in [3.05, 3.63) is 29.8 Å².